The van der Waals surface area contributed by atoms with Gasteiger partial charge in [0.2, 0.25) is 0 Å². The van der Waals surface area contributed by atoms with Crippen molar-refractivity contribution in [2.75, 3.05) is 19.1 Å². The van der Waals surface area contributed by atoms with E-state index in [0.717, 1.165) is 0 Å². The first-order valence-corrected chi connectivity index (χ1v) is 10.4. The Kier molecular flexibility index (Phi) is 6.06. The van der Waals surface area contributed by atoms with E-state index in [2.05, 4.69) is 4.99 Å². The molecule has 9 heteroatoms. The number of aromatic nitrogens is 1. The first kappa shape index (κ1) is 19.4. The van der Waals surface area contributed by atoms with E-state index in [1.165, 1.54) is 23.5 Å². The average molecular weight is 396 g/mol. The minimum atomic E-state index is -1.22. The molecule has 0 spiro atoms. The van der Waals surface area contributed by atoms with E-state index in [9.17, 15) is 20.1 Å². The molecule has 3 rings (SSSR count). The standard InChI is InChI=1S/C17H20N2O5S2/c1-25-17(26-2)18-15(23)10-7-19(11-6-4-3-5-9(10)11)16-14(22)13(21)12(8-20)24-16/h3-7,12-14,16,20-22H,8H2,1-2H3. The van der Waals surface area contributed by atoms with E-state index < -0.39 is 31.1 Å². The predicted molar refractivity (Wildman–Crippen MR) is 104 cm³/mol. The smallest absolute Gasteiger partial charge is 0.280 e. The number of carbonyl (C=O) groups is 1. The lowest BCUT2D eigenvalue weighted by molar-refractivity contribution is -0.0506. The largest absolute Gasteiger partial charge is 0.394 e. The first-order valence-electron chi connectivity index (χ1n) is 7.94. The van der Waals surface area contributed by atoms with Crippen LogP contribution in [0.3, 0.4) is 0 Å². The number of nitrogens with zero attached hydrogens (tertiary/aromatic N) is 2. The fraction of sp³-hybridized carbons (Fsp3) is 0.412. The molecule has 1 aliphatic rings. The molecule has 0 radical (unpaired) electrons. The summed E-state index contributed by atoms with van der Waals surface area (Å²) >= 11 is 2.79. The third kappa shape index (κ3) is 3.42. The molecule has 1 saturated heterocycles. The average Bonchev–Trinajstić information content (AvgIpc) is 3.18. The summed E-state index contributed by atoms with van der Waals surface area (Å²) < 4.78 is 7.87. The van der Waals surface area contributed by atoms with Crippen LogP contribution in [-0.2, 0) is 4.74 Å². The summed E-state index contributed by atoms with van der Waals surface area (Å²) in [4.78, 5) is 16.8. The Morgan fingerprint density at radius 1 is 1.23 bits per heavy atom. The maximum atomic E-state index is 12.7. The van der Waals surface area contributed by atoms with E-state index in [4.69, 9.17) is 4.74 Å². The Morgan fingerprint density at radius 2 is 1.92 bits per heavy atom. The normalized spacial score (nSPS) is 25.6. The number of ether oxygens (including phenoxy) is 1. The first-order chi connectivity index (χ1) is 12.5. The van der Waals surface area contributed by atoms with Crippen LogP contribution in [0.15, 0.2) is 35.5 Å². The number of rotatable bonds is 3. The van der Waals surface area contributed by atoms with Gasteiger partial charge >= 0.3 is 0 Å². The number of hydrogen-bond acceptors (Lipinski definition) is 7. The molecule has 2 heterocycles. The van der Waals surface area contributed by atoms with Gasteiger partial charge in [0.1, 0.15) is 22.7 Å². The minimum Gasteiger partial charge on any atom is -0.394 e. The molecule has 1 aromatic carbocycles. The number of aliphatic hydroxyl groups excluding tert-OH is 3. The van der Waals surface area contributed by atoms with Gasteiger partial charge in [0, 0.05) is 11.6 Å². The molecular formula is C17H20N2O5S2. The number of aliphatic hydroxyl groups is 3. The van der Waals surface area contributed by atoms with Crippen molar-refractivity contribution in [1.29, 1.82) is 0 Å². The Bertz CT molecular complexity index is 832. The van der Waals surface area contributed by atoms with E-state index >= 15 is 0 Å². The van der Waals surface area contributed by atoms with Crippen LogP contribution in [0.25, 0.3) is 10.9 Å². The third-order valence-electron chi connectivity index (χ3n) is 4.30. The van der Waals surface area contributed by atoms with Gasteiger partial charge in [0.15, 0.2) is 6.23 Å². The molecule has 0 bridgehead atoms. The van der Waals surface area contributed by atoms with Gasteiger partial charge in [-0.05, 0) is 18.6 Å². The molecule has 26 heavy (non-hydrogen) atoms. The second kappa shape index (κ2) is 8.12. The number of hydrogen-bond donors (Lipinski definition) is 3. The summed E-state index contributed by atoms with van der Waals surface area (Å²) in [7, 11) is 0. The second-order valence-corrected chi connectivity index (χ2v) is 7.64. The zero-order chi connectivity index (χ0) is 18.8. The lowest BCUT2D eigenvalue weighted by Gasteiger charge is -2.17. The highest BCUT2D eigenvalue weighted by molar-refractivity contribution is 8.38. The Balaban J connectivity index is 2.06. The summed E-state index contributed by atoms with van der Waals surface area (Å²) in [6, 6.07) is 7.23. The summed E-state index contributed by atoms with van der Waals surface area (Å²) in [6.45, 7) is -0.408. The van der Waals surface area contributed by atoms with Crippen molar-refractivity contribution < 1.29 is 24.9 Å². The van der Waals surface area contributed by atoms with Gasteiger partial charge in [-0.3, -0.25) is 4.79 Å². The zero-order valence-corrected chi connectivity index (χ0v) is 15.9. The maximum absolute atomic E-state index is 12.7. The molecule has 4 atom stereocenters. The number of para-hydroxylation sites is 1. The summed E-state index contributed by atoms with van der Waals surface area (Å²) in [5.41, 5.74) is 1.06. The summed E-state index contributed by atoms with van der Waals surface area (Å²) in [6.07, 6.45) is 1.07. The van der Waals surface area contributed by atoms with E-state index in [-0.39, 0.29) is 5.91 Å². The number of thioether (sulfide) groups is 2. The quantitative estimate of drug-likeness (QED) is 0.533. The fourth-order valence-electron chi connectivity index (χ4n) is 3.01. The topological polar surface area (TPSA) is 104 Å². The molecule has 140 valence electrons. The van der Waals surface area contributed by atoms with Gasteiger partial charge in [0.05, 0.1) is 17.7 Å². The van der Waals surface area contributed by atoms with Crippen LogP contribution < -0.4 is 0 Å². The maximum Gasteiger partial charge on any atom is 0.280 e. The molecule has 1 fully saturated rings. The van der Waals surface area contributed by atoms with Crippen LogP contribution in [-0.4, -0.2) is 67.6 Å². The van der Waals surface area contributed by atoms with E-state index in [0.29, 0.717) is 20.8 Å². The lowest BCUT2D eigenvalue weighted by Crippen LogP contribution is -2.33. The molecular weight excluding hydrogens is 376 g/mol. The lowest BCUT2D eigenvalue weighted by atomic mass is 10.1. The molecule has 1 aliphatic heterocycles. The second-order valence-electron chi connectivity index (χ2n) is 5.79. The van der Waals surface area contributed by atoms with Gasteiger partial charge in [-0.2, -0.15) is 4.99 Å². The van der Waals surface area contributed by atoms with Crippen molar-refractivity contribution in [1.82, 2.24) is 4.57 Å². The van der Waals surface area contributed by atoms with Crippen LogP contribution in [0.4, 0.5) is 0 Å². The molecule has 7 nitrogen and oxygen atoms in total. The number of benzene rings is 1. The third-order valence-corrected chi connectivity index (χ3v) is 6.19. The molecule has 1 aromatic heterocycles. The molecule has 2 aromatic rings. The zero-order valence-electron chi connectivity index (χ0n) is 14.3. The summed E-state index contributed by atoms with van der Waals surface area (Å²) in [5.74, 6) is -0.384. The minimum absolute atomic E-state index is 0.384. The van der Waals surface area contributed by atoms with Crippen LogP contribution in [0.5, 0.6) is 0 Å². The number of aliphatic imine (C=N–C) groups is 1. The van der Waals surface area contributed by atoms with Crippen LogP contribution >= 0.6 is 23.5 Å². The number of amides is 1. The van der Waals surface area contributed by atoms with E-state index in [1.54, 1.807) is 22.9 Å². The van der Waals surface area contributed by atoms with Gasteiger partial charge in [-0.25, -0.2) is 0 Å². The Labute approximate surface area is 159 Å². The van der Waals surface area contributed by atoms with Crippen molar-refractivity contribution in [2.45, 2.75) is 24.5 Å². The van der Waals surface area contributed by atoms with Crippen molar-refractivity contribution >= 4 is 44.7 Å². The van der Waals surface area contributed by atoms with Gasteiger partial charge < -0.3 is 24.6 Å². The highest BCUT2D eigenvalue weighted by Gasteiger charge is 2.43. The fourth-order valence-corrected chi connectivity index (χ4v) is 4.03. The molecule has 3 N–H and O–H groups in total. The van der Waals surface area contributed by atoms with Crippen LogP contribution in [0.2, 0.25) is 0 Å². The number of carbonyl (C=O) groups excluding carboxylic acids is 1. The highest BCUT2D eigenvalue weighted by Crippen LogP contribution is 2.34. The highest BCUT2D eigenvalue weighted by atomic mass is 32.2. The van der Waals surface area contributed by atoms with Crippen molar-refractivity contribution in [3.05, 3.63) is 36.0 Å². The molecule has 4 unspecified atom stereocenters. The summed E-state index contributed by atoms with van der Waals surface area (Å²) in [5, 5.41) is 30.3. The van der Waals surface area contributed by atoms with Gasteiger partial charge in [0.25, 0.3) is 5.91 Å². The van der Waals surface area contributed by atoms with Crippen molar-refractivity contribution in [2.24, 2.45) is 4.99 Å². The molecule has 1 amide bonds. The molecule has 0 aliphatic carbocycles. The van der Waals surface area contributed by atoms with Gasteiger partial charge in [-0.1, -0.05) is 18.2 Å². The SMILES string of the molecule is CSC(=NC(=O)c1cn(C2OC(CO)C(O)C2O)c2ccccc12)SC. The van der Waals surface area contributed by atoms with Crippen LogP contribution in [0.1, 0.15) is 16.6 Å². The van der Waals surface area contributed by atoms with Crippen molar-refractivity contribution in [3.63, 3.8) is 0 Å². The predicted octanol–water partition coefficient (Wildman–Crippen LogP) is 1.48. The molecule has 0 saturated carbocycles. The van der Waals surface area contributed by atoms with Gasteiger partial charge in [-0.15, -0.1) is 23.5 Å². The van der Waals surface area contributed by atoms with E-state index in [1.807, 2.05) is 24.6 Å². The van der Waals surface area contributed by atoms with Crippen molar-refractivity contribution in [3.8, 4) is 0 Å². The Morgan fingerprint density at radius 3 is 2.54 bits per heavy atom. The van der Waals surface area contributed by atoms with Crippen LogP contribution in [0, 0.1) is 0 Å². The number of fused-ring (bicyclic) bond motifs is 1. The Hall–Kier alpha value is -1.36. The monoisotopic (exact) mass is 396 g/mol.